The van der Waals surface area contributed by atoms with Gasteiger partial charge in [-0.25, -0.2) is 4.98 Å². The zero-order valence-corrected chi connectivity index (χ0v) is 17.5. The highest BCUT2D eigenvalue weighted by Gasteiger charge is 2.24. The van der Waals surface area contributed by atoms with Gasteiger partial charge in [-0.05, 0) is 31.4 Å². The van der Waals surface area contributed by atoms with E-state index >= 15 is 0 Å². The molecule has 2 aromatic rings. The van der Waals surface area contributed by atoms with Gasteiger partial charge in [0.25, 0.3) is 5.56 Å². The number of hydrogen-bond donors (Lipinski definition) is 1. The highest BCUT2D eigenvalue weighted by atomic mass is 32.2. The molecular weight excluding hydrogens is 388 g/mol. The van der Waals surface area contributed by atoms with E-state index in [1.54, 1.807) is 4.57 Å². The number of nitrogens with one attached hydrogen (secondary N) is 1. The van der Waals surface area contributed by atoms with Gasteiger partial charge in [0, 0.05) is 32.7 Å². The molecule has 2 aliphatic rings. The summed E-state index contributed by atoms with van der Waals surface area (Å²) in [6, 6.07) is 7.46. The summed E-state index contributed by atoms with van der Waals surface area (Å²) in [5.41, 5.74) is 0.674. The first-order valence-electron chi connectivity index (χ1n) is 10.5. The molecule has 1 unspecified atom stereocenters. The lowest BCUT2D eigenvalue weighted by molar-refractivity contribution is -0.120. The first kappa shape index (κ1) is 20.4. The Morgan fingerprint density at radius 2 is 1.97 bits per heavy atom. The maximum Gasteiger partial charge on any atom is 0.262 e. The molecular formula is C21H28N4O3S. The van der Waals surface area contributed by atoms with Gasteiger partial charge in [-0.2, -0.15) is 0 Å². The summed E-state index contributed by atoms with van der Waals surface area (Å²) < 4.78 is 7.18. The third-order valence-electron chi connectivity index (χ3n) is 5.52. The Morgan fingerprint density at radius 1 is 1.14 bits per heavy atom. The number of thioether (sulfide) groups is 1. The standard InChI is InChI=1S/C21H28N4O3S/c26-19-18(8-3-4-9-22-19)29-21-23-17-7-2-1-6-16(17)20(27)25(21)11-5-10-24-12-14-28-15-13-24/h1-2,6-7,18H,3-5,8-15H2,(H,22,26). The first-order chi connectivity index (χ1) is 14.2. The predicted molar refractivity (Wildman–Crippen MR) is 114 cm³/mol. The summed E-state index contributed by atoms with van der Waals surface area (Å²) in [7, 11) is 0. The SMILES string of the molecule is O=C1NCCCCC1Sc1nc2ccccc2c(=O)n1CCCN1CCOCC1. The van der Waals surface area contributed by atoms with E-state index in [0.717, 1.165) is 65.1 Å². The van der Waals surface area contributed by atoms with Crippen LogP contribution in [0.2, 0.25) is 0 Å². The van der Waals surface area contributed by atoms with Crippen LogP contribution in [0.4, 0.5) is 0 Å². The molecule has 29 heavy (non-hydrogen) atoms. The molecule has 0 bridgehead atoms. The van der Waals surface area contributed by atoms with Crippen LogP contribution in [0.1, 0.15) is 25.7 Å². The first-order valence-corrected chi connectivity index (χ1v) is 11.3. The van der Waals surface area contributed by atoms with Crippen LogP contribution in [-0.4, -0.2) is 65.0 Å². The molecule has 8 heteroatoms. The van der Waals surface area contributed by atoms with Gasteiger partial charge in [0.05, 0.1) is 29.4 Å². The number of benzene rings is 1. The van der Waals surface area contributed by atoms with E-state index in [9.17, 15) is 9.59 Å². The molecule has 2 saturated heterocycles. The Hall–Kier alpha value is -1.90. The van der Waals surface area contributed by atoms with Crippen LogP contribution in [0.25, 0.3) is 10.9 Å². The molecule has 0 spiro atoms. The van der Waals surface area contributed by atoms with Crippen LogP contribution in [0.15, 0.2) is 34.2 Å². The highest BCUT2D eigenvalue weighted by Crippen LogP contribution is 2.27. The molecule has 2 aliphatic heterocycles. The second kappa shape index (κ2) is 9.73. The summed E-state index contributed by atoms with van der Waals surface area (Å²) in [6.07, 6.45) is 3.68. The van der Waals surface area contributed by atoms with Gasteiger partial charge in [-0.15, -0.1) is 0 Å². The minimum atomic E-state index is -0.198. The van der Waals surface area contributed by atoms with Gasteiger partial charge in [-0.1, -0.05) is 30.3 Å². The topological polar surface area (TPSA) is 76.5 Å². The molecule has 1 aromatic heterocycles. The van der Waals surface area contributed by atoms with Gasteiger partial charge in [0.1, 0.15) is 0 Å². The fourth-order valence-electron chi connectivity index (χ4n) is 3.86. The van der Waals surface area contributed by atoms with Crippen LogP contribution >= 0.6 is 11.8 Å². The van der Waals surface area contributed by atoms with E-state index in [2.05, 4.69) is 10.2 Å². The molecule has 4 rings (SSSR count). The van der Waals surface area contributed by atoms with Crippen LogP contribution in [0, 0.1) is 0 Å². The zero-order valence-electron chi connectivity index (χ0n) is 16.6. The van der Waals surface area contributed by atoms with Crippen LogP contribution in [0.5, 0.6) is 0 Å². The number of para-hydroxylation sites is 1. The van der Waals surface area contributed by atoms with Crippen molar-refractivity contribution < 1.29 is 9.53 Å². The minimum Gasteiger partial charge on any atom is -0.379 e. The zero-order chi connectivity index (χ0) is 20.1. The molecule has 2 fully saturated rings. The summed E-state index contributed by atoms with van der Waals surface area (Å²) in [4.78, 5) is 32.8. The number of hydrogen-bond acceptors (Lipinski definition) is 6. The number of ether oxygens (including phenoxy) is 1. The lowest BCUT2D eigenvalue weighted by atomic mass is 10.2. The number of rotatable bonds is 6. The van der Waals surface area contributed by atoms with E-state index in [-0.39, 0.29) is 16.7 Å². The van der Waals surface area contributed by atoms with Crippen LogP contribution in [0.3, 0.4) is 0 Å². The van der Waals surface area contributed by atoms with Crippen molar-refractivity contribution in [3.63, 3.8) is 0 Å². The van der Waals surface area contributed by atoms with E-state index in [4.69, 9.17) is 9.72 Å². The molecule has 1 N–H and O–H groups in total. The minimum absolute atomic E-state index is 0.0193. The fraction of sp³-hybridized carbons (Fsp3) is 0.571. The summed E-state index contributed by atoms with van der Waals surface area (Å²) in [5.74, 6) is 0.0507. The smallest absolute Gasteiger partial charge is 0.262 e. The van der Waals surface area contributed by atoms with Crippen molar-refractivity contribution in [1.82, 2.24) is 19.8 Å². The maximum absolute atomic E-state index is 13.2. The van der Waals surface area contributed by atoms with E-state index in [1.165, 1.54) is 11.8 Å². The number of fused-ring (bicyclic) bond motifs is 1. The number of aromatic nitrogens is 2. The molecule has 1 aromatic carbocycles. The monoisotopic (exact) mass is 416 g/mol. The quantitative estimate of drug-likeness (QED) is 0.725. The van der Waals surface area contributed by atoms with Crippen molar-refractivity contribution in [2.75, 3.05) is 39.4 Å². The number of carbonyl (C=O) groups excluding carboxylic acids is 1. The van der Waals surface area contributed by atoms with E-state index in [1.807, 2.05) is 24.3 Å². The maximum atomic E-state index is 13.2. The van der Waals surface area contributed by atoms with Crippen molar-refractivity contribution in [3.8, 4) is 0 Å². The summed E-state index contributed by atoms with van der Waals surface area (Å²) in [5, 5.41) is 4.06. The second-order valence-electron chi connectivity index (χ2n) is 7.57. The number of carbonyl (C=O) groups is 1. The number of morpholine rings is 1. The third-order valence-corrected chi connectivity index (χ3v) is 6.78. The third kappa shape index (κ3) is 4.99. The van der Waals surface area contributed by atoms with Crippen LogP contribution in [-0.2, 0) is 16.1 Å². The Balaban J connectivity index is 1.57. The van der Waals surface area contributed by atoms with Gasteiger partial charge in [-0.3, -0.25) is 19.1 Å². The lowest BCUT2D eigenvalue weighted by Gasteiger charge is -2.26. The Kier molecular flexibility index (Phi) is 6.84. The molecule has 0 saturated carbocycles. The van der Waals surface area contributed by atoms with Gasteiger partial charge < -0.3 is 10.1 Å². The van der Waals surface area contributed by atoms with Crippen molar-refractivity contribution in [2.45, 2.75) is 42.6 Å². The normalized spacial score (nSPS) is 21.1. The Morgan fingerprint density at radius 3 is 2.83 bits per heavy atom. The van der Waals surface area contributed by atoms with Gasteiger partial charge in [0.15, 0.2) is 5.16 Å². The molecule has 1 atom stereocenters. The van der Waals surface area contributed by atoms with Crippen LogP contribution < -0.4 is 10.9 Å². The van der Waals surface area contributed by atoms with Crippen molar-refractivity contribution in [2.24, 2.45) is 0 Å². The Bertz CT molecular complexity index is 910. The molecule has 156 valence electrons. The van der Waals surface area contributed by atoms with Gasteiger partial charge >= 0.3 is 0 Å². The molecule has 7 nitrogen and oxygen atoms in total. The summed E-state index contributed by atoms with van der Waals surface area (Å²) in [6.45, 7) is 5.68. The fourth-order valence-corrected chi connectivity index (χ4v) is 5.04. The number of amides is 1. The number of nitrogens with zero attached hydrogens (tertiary/aromatic N) is 3. The molecule has 1 amide bonds. The summed E-state index contributed by atoms with van der Waals surface area (Å²) >= 11 is 1.43. The molecule has 0 aliphatic carbocycles. The largest absolute Gasteiger partial charge is 0.379 e. The average molecular weight is 417 g/mol. The van der Waals surface area contributed by atoms with Crippen molar-refractivity contribution >= 4 is 28.6 Å². The predicted octanol–water partition coefficient (Wildman–Crippen LogP) is 1.88. The van der Waals surface area contributed by atoms with Gasteiger partial charge in [0.2, 0.25) is 5.91 Å². The lowest BCUT2D eigenvalue weighted by Crippen LogP contribution is -2.37. The molecule has 3 heterocycles. The second-order valence-corrected chi connectivity index (χ2v) is 8.74. The average Bonchev–Trinajstić information content (AvgIpc) is 2.95. The van der Waals surface area contributed by atoms with Crippen molar-refractivity contribution in [3.05, 3.63) is 34.6 Å². The highest BCUT2D eigenvalue weighted by molar-refractivity contribution is 8.00. The van der Waals surface area contributed by atoms with E-state index < -0.39 is 0 Å². The molecule has 0 radical (unpaired) electrons. The Labute approximate surface area is 174 Å². The van der Waals surface area contributed by atoms with Crippen molar-refractivity contribution in [1.29, 1.82) is 0 Å². The van der Waals surface area contributed by atoms with E-state index in [0.29, 0.717) is 22.6 Å².